The molecule has 0 aliphatic heterocycles. The molecule has 0 aliphatic rings. The van der Waals surface area contributed by atoms with E-state index in [4.69, 9.17) is 0 Å². The van der Waals surface area contributed by atoms with E-state index in [1.54, 1.807) is 6.92 Å². The van der Waals surface area contributed by atoms with Crippen molar-refractivity contribution in [2.45, 2.75) is 33.7 Å². The van der Waals surface area contributed by atoms with E-state index in [0.29, 0.717) is 11.4 Å². The molecule has 0 aromatic carbocycles. The van der Waals surface area contributed by atoms with E-state index in [2.05, 4.69) is 9.82 Å². The van der Waals surface area contributed by atoms with Gasteiger partial charge in [0.15, 0.2) is 0 Å². The van der Waals surface area contributed by atoms with Gasteiger partial charge in [-0.1, -0.05) is 0 Å². The Kier molecular flexibility index (Phi) is 3.08. The molecule has 15 heavy (non-hydrogen) atoms. The quantitative estimate of drug-likeness (QED) is 0.856. The van der Waals surface area contributed by atoms with Crippen LogP contribution >= 0.6 is 0 Å². The van der Waals surface area contributed by atoms with Crippen molar-refractivity contribution in [2.75, 3.05) is 11.0 Å². The lowest BCUT2D eigenvalue weighted by molar-refractivity contribution is 0.516. The highest BCUT2D eigenvalue weighted by Gasteiger charge is 2.15. The Morgan fingerprint density at radius 3 is 2.20 bits per heavy atom. The van der Waals surface area contributed by atoms with Crippen LogP contribution in [-0.2, 0) is 10.0 Å². The van der Waals surface area contributed by atoms with Gasteiger partial charge in [0.1, 0.15) is 0 Å². The molecule has 0 bridgehead atoms. The first-order valence-electron chi connectivity index (χ1n) is 4.76. The highest BCUT2D eigenvalue weighted by Crippen LogP contribution is 2.22. The molecule has 0 spiro atoms. The number of hydrogen-bond donors (Lipinski definition) is 1. The third kappa shape index (κ3) is 2.71. The minimum Gasteiger partial charge on any atom is -0.280 e. The van der Waals surface area contributed by atoms with E-state index in [0.717, 1.165) is 11.9 Å². The Morgan fingerprint density at radius 1 is 1.33 bits per heavy atom. The fourth-order valence-corrected chi connectivity index (χ4v) is 2.17. The second kappa shape index (κ2) is 3.84. The molecule has 86 valence electrons. The van der Waals surface area contributed by atoms with Gasteiger partial charge in [-0.15, -0.1) is 0 Å². The van der Waals surface area contributed by atoms with E-state index in [9.17, 15) is 8.42 Å². The maximum atomic E-state index is 11.1. The van der Waals surface area contributed by atoms with Crippen molar-refractivity contribution < 1.29 is 8.42 Å². The van der Waals surface area contributed by atoms with Crippen molar-refractivity contribution in [3.05, 3.63) is 11.4 Å². The van der Waals surface area contributed by atoms with Gasteiger partial charge in [-0.25, -0.2) is 8.42 Å². The first kappa shape index (κ1) is 12.0. The van der Waals surface area contributed by atoms with Gasteiger partial charge < -0.3 is 0 Å². The van der Waals surface area contributed by atoms with E-state index in [1.807, 2.05) is 25.5 Å². The maximum Gasteiger partial charge on any atom is 0.229 e. The van der Waals surface area contributed by atoms with Crippen molar-refractivity contribution in [1.29, 1.82) is 0 Å². The molecule has 0 radical (unpaired) electrons. The molecular formula is C9H17N3O2S. The summed E-state index contributed by atoms with van der Waals surface area (Å²) in [5, 5.41) is 4.28. The smallest absolute Gasteiger partial charge is 0.229 e. The number of aryl methyl sites for hydroxylation is 1. The molecule has 0 atom stereocenters. The molecule has 0 aliphatic carbocycles. The summed E-state index contributed by atoms with van der Waals surface area (Å²) < 4.78 is 26.6. The van der Waals surface area contributed by atoms with Crippen LogP contribution in [-0.4, -0.2) is 24.5 Å². The van der Waals surface area contributed by atoms with Gasteiger partial charge in [-0.2, -0.15) is 5.10 Å². The normalized spacial score (nSPS) is 12.1. The number of nitrogens with zero attached hydrogens (tertiary/aromatic N) is 2. The van der Waals surface area contributed by atoms with Crippen molar-refractivity contribution in [2.24, 2.45) is 0 Å². The Labute approximate surface area is 90.5 Å². The Morgan fingerprint density at radius 2 is 1.87 bits per heavy atom. The van der Waals surface area contributed by atoms with Gasteiger partial charge >= 0.3 is 0 Å². The molecular weight excluding hydrogens is 214 g/mol. The Balaban J connectivity index is 3.20. The molecule has 1 heterocycles. The lowest BCUT2D eigenvalue weighted by Gasteiger charge is -2.08. The minimum absolute atomic E-state index is 0.221. The third-order valence-corrected chi connectivity index (χ3v) is 2.68. The van der Waals surface area contributed by atoms with Gasteiger partial charge in [-0.05, 0) is 27.7 Å². The van der Waals surface area contributed by atoms with E-state index >= 15 is 0 Å². The predicted octanol–water partition coefficient (Wildman–Crippen LogP) is 1.45. The predicted molar refractivity (Wildman–Crippen MR) is 60.6 cm³/mol. The van der Waals surface area contributed by atoms with Crippen molar-refractivity contribution >= 4 is 15.7 Å². The molecule has 0 unspecified atom stereocenters. The lowest BCUT2D eigenvalue weighted by Crippen LogP contribution is -2.11. The number of aromatic nitrogens is 2. The van der Waals surface area contributed by atoms with E-state index in [1.165, 1.54) is 0 Å². The Bertz CT molecular complexity index is 460. The van der Waals surface area contributed by atoms with Crippen LogP contribution in [0.4, 0.5) is 5.69 Å². The molecule has 0 saturated heterocycles. The summed E-state index contributed by atoms with van der Waals surface area (Å²) in [7, 11) is -3.24. The molecule has 0 fully saturated rings. The van der Waals surface area contributed by atoms with Gasteiger partial charge in [0, 0.05) is 6.04 Å². The summed E-state index contributed by atoms with van der Waals surface area (Å²) in [6, 6.07) is 0.221. The fourth-order valence-electron chi connectivity index (χ4n) is 1.50. The summed E-state index contributed by atoms with van der Waals surface area (Å²) in [5.74, 6) is 0. The SMILES string of the molecule is Cc1nn(C(C)C)c(C)c1NS(C)(=O)=O. The van der Waals surface area contributed by atoms with Crippen LogP contribution in [0.2, 0.25) is 0 Å². The number of sulfonamides is 1. The zero-order chi connectivity index (χ0) is 11.8. The molecule has 1 aromatic heterocycles. The van der Waals surface area contributed by atoms with Crippen LogP contribution in [0, 0.1) is 13.8 Å². The summed E-state index contributed by atoms with van der Waals surface area (Å²) in [5.41, 5.74) is 2.13. The number of hydrogen-bond acceptors (Lipinski definition) is 3. The average molecular weight is 231 g/mol. The molecule has 0 amide bonds. The highest BCUT2D eigenvalue weighted by atomic mass is 32.2. The highest BCUT2D eigenvalue weighted by molar-refractivity contribution is 7.92. The van der Waals surface area contributed by atoms with Crippen LogP contribution in [0.5, 0.6) is 0 Å². The molecule has 6 heteroatoms. The maximum absolute atomic E-state index is 11.1. The van der Waals surface area contributed by atoms with Crippen LogP contribution in [0.15, 0.2) is 0 Å². The molecule has 1 aromatic rings. The number of rotatable bonds is 3. The second-order valence-electron chi connectivity index (χ2n) is 3.96. The second-order valence-corrected chi connectivity index (χ2v) is 5.71. The van der Waals surface area contributed by atoms with E-state index < -0.39 is 10.0 Å². The largest absolute Gasteiger partial charge is 0.280 e. The van der Waals surface area contributed by atoms with Gasteiger partial charge in [0.25, 0.3) is 0 Å². The first-order chi connectivity index (χ1) is 6.72. The summed E-state index contributed by atoms with van der Waals surface area (Å²) in [4.78, 5) is 0. The molecule has 0 saturated carbocycles. The van der Waals surface area contributed by atoms with Crippen LogP contribution in [0.1, 0.15) is 31.3 Å². The van der Waals surface area contributed by atoms with Gasteiger partial charge in [0.05, 0.1) is 23.3 Å². The van der Waals surface area contributed by atoms with Gasteiger partial charge in [0.2, 0.25) is 10.0 Å². The minimum atomic E-state index is -3.24. The fraction of sp³-hybridized carbons (Fsp3) is 0.667. The average Bonchev–Trinajstić information content (AvgIpc) is 2.29. The molecule has 1 rings (SSSR count). The van der Waals surface area contributed by atoms with Crippen LogP contribution in [0.25, 0.3) is 0 Å². The van der Waals surface area contributed by atoms with Gasteiger partial charge in [-0.3, -0.25) is 9.40 Å². The number of nitrogens with one attached hydrogen (secondary N) is 1. The first-order valence-corrected chi connectivity index (χ1v) is 6.65. The van der Waals surface area contributed by atoms with Crippen molar-refractivity contribution in [3.63, 3.8) is 0 Å². The zero-order valence-corrected chi connectivity index (χ0v) is 10.5. The van der Waals surface area contributed by atoms with Crippen LogP contribution in [0.3, 0.4) is 0 Å². The zero-order valence-electron chi connectivity index (χ0n) is 9.70. The lowest BCUT2D eigenvalue weighted by atomic mass is 10.3. The van der Waals surface area contributed by atoms with Crippen molar-refractivity contribution in [1.82, 2.24) is 9.78 Å². The molecule has 1 N–H and O–H groups in total. The summed E-state index contributed by atoms with van der Waals surface area (Å²) >= 11 is 0. The molecule has 5 nitrogen and oxygen atoms in total. The van der Waals surface area contributed by atoms with Crippen molar-refractivity contribution in [3.8, 4) is 0 Å². The summed E-state index contributed by atoms with van der Waals surface area (Å²) in [6.07, 6.45) is 1.14. The van der Waals surface area contributed by atoms with Crippen LogP contribution < -0.4 is 4.72 Å². The number of anilines is 1. The van der Waals surface area contributed by atoms with E-state index in [-0.39, 0.29) is 6.04 Å². The Hall–Kier alpha value is -1.04. The monoisotopic (exact) mass is 231 g/mol. The third-order valence-electron chi connectivity index (χ3n) is 2.10. The standard InChI is InChI=1S/C9H17N3O2S/c1-6(2)12-8(4)9(7(3)10-12)11-15(5,13)14/h6,11H,1-5H3. The topological polar surface area (TPSA) is 64.0 Å². The summed E-state index contributed by atoms with van der Waals surface area (Å²) in [6.45, 7) is 7.65.